The van der Waals surface area contributed by atoms with E-state index in [1.165, 1.54) is 12.8 Å². The molecule has 1 aliphatic rings. The first kappa shape index (κ1) is 12.9. The van der Waals surface area contributed by atoms with Crippen LogP contribution in [0, 0.1) is 5.92 Å². The van der Waals surface area contributed by atoms with Gasteiger partial charge in [-0.05, 0) is 36.5 Å². The zero-order chi connectivity index (χ0) is 13.8. The van der Waals surface area contributed by atoms with Crippen molar-refractivity contribution in [2.24, 2.45) is 5.92 Å². The topological polar surface area (TPSA) is 42.0 Å². The molecular formula is C17H18N2O. The van der Waals surface area contributed by atoms with E-state index in [9.17, 15) is 4.79 Å². The van der Waals surface area contributed by atoms with Gasteiger partial charge in [0.2, 0.25) is 5.91 Å². The van der Waals surface area contributed by atoms with E-state index in [2.05, 4.69) is 10.3 Å². The van der Waals surface area contributed by atoms with E-state index in [0.717, 1.165) is 11.3 Å². The normalized spacial score (nSPS) is 15.6. The Morgan fingerprint density at radius 3 is 2.55 bits per heavy atom. The number of nitrogens with zero attached hydrogens (tertiary/aromatic N) is 1. The third kappa shape index (κ3) is 3.23. The number of hydrogen-bond donors (Lipinski definition) is 1. The van der Waals surface area contributed by atoms with Gasteiger partial charge >= 0.3 is 0 Å². The average Bonchev–Trinajstić information content (AvgIpc) is 3.30. The molecule has 1 atom stereocenters. The van der Waals surface area contributed by atoms with Crippen LogP contribution >= 0.6 is 0 Å². The number of aromatic nitrogens is 1. The number of hydrogen-bond acceptors (Lipinski definition) is 2. The van der Waals surface area contributed by atoms with Gasteiger partial charge in [0, 0.05) is 12.6 Å². The van der Waals surface area contributed by atoms with Gasteiger partial charge in [0.05, 0.1) is 11.7 Å². The van der Waals surface area contributed by atoms with Crippen molar-refractivity contribution >= 4 is 5.91 Å². The van der Waals surface area contributed by atoms with Gasteiger partial charge in [0.25, 0.3) is 0 Å². The Morgan fingerprint density at radius 1 is 1.15 bits per heavy atom. The van der Waals surface area contributed by atoms with Crippen LogP contribution in [0.25, 0.3) is 0 Å². The van der Waals surface area contributed by atoms with Crippen LogP contribution < -0.4 is 5.32 Å². The van der Waals surface area contributed by atoms with Crippen LogP contribution in [0.15, 0.2) is 54.7 Å². The van der Waals surface area contributed by atoms with E-state index in [4.69, 9.17) is 0 Å². The predicted octanol–water partition coefficient (Wildman–Crippen LogP) is 3.09. The second-order valence-electron chi connectivity index (χ2n) is 5.31. The van der Waals surface area contributed by atoms with Gasteiger partial charge in [-0.3, -0.25) is 9.78 Å². The van der Waals surface area contributed by atoms with E-state index in [1.807, 2.05) is 48.5 Å². The van der Waals surface area contributed by atoms with E-state index in [0.29, 0.717) is 12.3 Å². The van der Waals surface area contributed by atoms with Crippen molar-refractivity contribution < 1.29 is 4.79 Å². The zero-order valence-electron chi connectivity index (χ0n) is 11.3. The molecule has 1 amide bonds. The number of carbonyl (C=O) groups excluding carboxylic acids is 1. The molecule has 2 aromatic rings. The minimum atomic E-state index is -0.163. The van der Waals surface area contributed by atoms with Gasteiger partial charge in [0.15, 0.2) is 0 Å². The molecule has 1 heterocycles. The van der Waals surface area contributed by atoms with Crippen LogP contribution in [-0.2, 0) is 4.79 Å². The zero-order valence-corrected chi connectivity index (χ0v) is 11.3. The lowest BCUT2D eigenvalue weighted by Crippen LogP contribution is -2.30. The second-order valence-corrected chi connectivity index (χ2v) is 5.31. The molecule has 1 N–H and O–H groups in total. The van der Waals surface area contributed by atoms with Crippen molar-refractivity contribution in [2.75, 3.05) is 0 Å². The molecule has 1 aromatic carbocycles. The third-order valence-electron chi connectivity index (χ3n) is 3.59. The minimum absolute atomic E-state index is 0.118. The fourth-order valence-electron chi connectivity index (χ4n) is 2.32. The Hall–Kier alpha value is -2.16. The molecule has 0 spiro atoms. The molecule has 0 bridgehead atoms. The van der Waals surface area contributed by atoms with Gasteiger partial charge in [-0.2, -0.15) is 0 Å². The lowest BCUT2D eigenvalue weighted by Gasteiger charge is -2.18. The van der Waals surface area contributed by atoms with E-state index in [-0.39, 0.29) is 11.9 Å². The fraction of sp³-hybridized carbons (Fsp3) is 0.294. The maximum Gasteiger partial charge on any atom is 0.221 e. The summed E-state index contributed by atoms with van der Waals surface area (Å²) in [6.45, 7) is 0. The molecule has 0 aliphatic heterocycles. The Morgan fingerprint density at radius 2 is 1.90 bits per heavy atom. The molecule has 1 aliphatic carbocycles. The maximum atomic E-state index is 12.1. The highest BCUT2D eigenvalue weighted by Gasteiger charge is 2.26. The van der Waals surface area contributed by atoms with Gasteiger partial charge in [-0.25, -0.2) is 0 Å². The summed E-state index contributed by atoms with van der Waals surface area (Å²) in [6, 6.07) is 15.6. The molecule has 0 radical (unpaired) electrons. The summed E-state index contributed by atoms with van der Waals surface area (Å²) in [5, 5.41) is 3.12. The summed E-state index contributed by atoms with van der Waals surface area (Å²) in [7, 11) is 0. The number of carbonyl (C=O) groups is 1. The highest BCUT2D eigenvalue weighted by atomic mass is 16.1. The van der Waals surface area contributed by atoms with Gasteiger partial charge < -0.3 is 5.32 Å². The van der Waals surface area contributed by atoms with Crippen LogP contribution in [0.1, 0.15) is 36.6 Å². The molecule has 20 heavy (non-hydrogen) atoms. The van der Waals surface area contributed by atoms with Crippen molar-refractivity contribution in [3.05, 3.63) is 66.0 Å². The largest absolute Gasteiger partial charge is 0.344 e. The smallest absolute Gasteiger partial charge is 0.221 e. The lowest BCUT2D eigenvalue weighted by atomic mass is 10.0. The maximum absolute atomic E-state index is 12.1. The molecule has 3 nitrogen and oxygen atoms in total. The monoisotopic (exact) mass is 266 g/mol. The molecule has 0 saturated heterocycles. The quantitative estimate of drug-likeness (QED) is 0.903. The molecule has 1 saturated carbocycles. The Bertz CT molecular complexity index is 525. The first-order valence-electron chi connectivity index (χ1n) is 7.08. The lowest BCUT2D eigenvalue weighted by molar-refractivity contribution is -0.121. The van der Waals surface area contributed by atoms with Crippen molar-refractivity contribution in [2.45, 2.75) is 25.3 Å². The molecular weight excluding hydrogens is 248 g/mol. The highest BCUT2D eigenvalue weighted by molar-refractivity contribution is 5.77. The summed E-state index contributed by atoms with van der Waals surface area (Å²) in [5.41, 5.74) is 1.94. The summed E-state index contributed by atoms with van der Waals surface area (Å²) >= 11 is 0. The molecule has 1 aromatic heterocycles. The van der Waals surface area contributed by atoms with Crippen molar-refractivity contribution in [3.8, 4) is 0 Å². The second kappa shape index (κ2) is 5.87. The standard InChI is InChI=1S/C17H18N2O/c20-16(12-13-9-10-13)19-17(14-6-2-1-3-7-14)15-8-4-5-11-18-15/h1-8,11,13,17H,9-10,12H2,(H,19,20). The van der Waals surface area contributed by atoms with Crippen molar-refractivity contribution in [1.82, 2.24) is 10.3 Å². The summed E-state index contributed by atoms with van der Waals surface area (Å²) in [6.07, 6.45) is 4.77. The highest BCUT2D eigenvalue weighted by Crippen LogP contribution is 2.32. The van der Waals surface area contributed by atoms with Crippen LogP contribution in [0.5, 0.6) is 0 Å². The van der Waals surface area contributed by atoms with E-state index >= 15 is 0 Å². The van der Waals surface area contributed by atoms with Crippen LogP contribution in [0.4, 0.5) is 0 Å². The molecule has 102 valence electrons. The number of nitrogens with one attached hydrogen (secondary N) is 1. The van der Waals surface area contributed by atoms with E-state index < -0.39 is 0 Å². The molecule has 1 unspecified atom stereocenters. The van der Waals surface area contributed by atoms with Gasteiger partial charge in [-0.15, -0.1) is 0 Å². The Kier molecular flexibility index (Phi) is 3.77. The molecule has 3 rings (SSSR count). The number of pyridine rings is 1. The van der Waals surface area contributed by atoms with Crippen molar-refractivity contribution in [3.63, 3.8) is 0 Å². The third-order valence-corrected chi connectivity index (χ3v) is 3.59. The van der Waals surface area contributed by atoms with Crippen LogP contribution in [0.2, 0.25) is 0 Å². The number of rotatable bonds is 5. The summed E-state index contributed by atoms with van der Waals surface area (Å²) in [5.74, 6) is 0.710. The first-order valence-corrected chi connectivity index (χ1v) is 7.08. The van der Waals surface area contributed by atoms with E-state index in [1.54, 1.807) is 6.20 Å². The summed E-state index contributed by atoms with van der Waals surface area (Å²) in [4.78, 5) is 16.5. The van der Waals surface area contributed by atoms with Crippen LogP contribution in [0.3, 0.4) is 0 Å². The fourth-order valence-corrected chi connectivity index (χ4v) is 2.32. The molecule has 3 heteroatoms. The molecule has 1 fully saturated rings. The van der Waals surface area contributed by atoms with Crippen LogP contribution in [-0.4, -0.2) is 10.9 Å². The minimum Gasteiger partial charge on any atom is -0.344 e. The summed E-state index contributed by atoms with van der Waals surface area (Å²) < 4.78 is 0. The predicted molar refractivity (Wildman–Crippen MR) is 78.0 cm³/mol. The Labute approximate surface area is 119 Å². The van der Waals surface area contributed by atoms with Gasteiger partial charge in [-0.1, -0.05) is 36.4 Å². The number of amides is 1. The SMILES string of the molecule is O=C(CC1CC1)NC(c1ccccc1)c1ccccn1. The van der Waals surface area contributed by atoms with Crippen molar-refractivity contribution in [1.29, 1.82) is 0 Å². The first-order chi connectivity index (χ1) is 9.83. The Balaban J connectivity index is 1.81. The number of benzene rings is 1. The van der Waals surface area contributed by atoms with Gasteiger partial charge in [0.1, 0.15) is 0 Å². The average molecular weight is 266 g/mol.